The third-order valence-corrected chi connectivity index (χ3v) is 5.14. The molecule has 0 unspecified atom stereocenters. The fourth-order valence-corrected chi connectivity index (χ4v) is 3.81. The van der Waals surface area contributed by atoms with Crippen LogP contribution >= 0.6 is 23.2 Å². The first-order valence-electron chi connectivity index (χ1n) is 6.15. The first kappa shape index (κ1) is 16.1. The van der Waals surface area contributed by atoms with Gasteiger partial charge in [0.25, 0.3) is 10.0 Å². The predicted octanol–water partition coefficient (Wildman–Crippen LogP) is 3.51. The number of sulfonamides is 1. The van der Waals surface area contributed by atoms with Crippen molar-refractivity contribution in [2.75, 3.05) is 11.8 Å². The second-order valence-electron chi connectivity index (χ2n) is 4.34. The molecule has 0 aromatic heterocycles. The van der Waals surface area contributed by atoms with Crippen LogP contribution < -0.4 is 10.0 Å². The molecule has 2 aromatic carbocycles. The quantitative estimate of drug-likeness (QED) is 0.872. The number of para-hydroxylation sites is 1. The summed E-state index contributed by atoms with van der Waals surface area (Å²) in [7, 11) is -2.04. The summed E-state index contributed by atoms with van der Waals surface area (Å²) in [5.41, 5.74) is 1.02. The van der Waals surface area contributed by atoms with Gasteiger partial charge in [-0.2, -0.15) is 0 Å². The molecular weight excluding hydrogens is 331 g/mol. The van der Waals surface area contributed by atoms with Crippen molar-refractivity contribution in [3.8, 4) is 0 Å². The summed E-state index contributed by atoms with van der Waals surface area (Å²) in [5, 5.41) is 3.46. The lowest BCUT2D eigenvalue weighted by Crippen LogP contribution is -2.15. The number of nitrogens with one attached hydrogen (secondary N) is 2. The molecule has 0 atom stereocenters. The van der Waals surface area contributed by atoms with Crippen molar-refractivity contribution in [2.24, 2.45) is 0 Å². The Hall–Kier alpha value is -1.27. The fraction of sp³-hybridized carbons (Fsp3) is 0.143. The Kier molecular flexibility index (Phi) is 5.11. The van der Waals surface area contributed by atoms with Gasteiger partial charge in [-0.15, -0.1) is 0 Å². The summed E-state index contributed by atoms with van der Waals surface area (Å²) < 4.78 is 27.4. The van der Waals surface area contributed by atoms with Crippen LogP contribution in [0.2, 0.25) is 10.0 Å². The highest BCUT2D eigenvalue weighted by atomic mass is 35.5. The van der Waals surface area contributed by atoms with Crippen LogP contribution in [0, 0.1) is 0 Å². The van der Waals surface area contributed by atoms with E-state index in [1.165, 1.54) is 12.1 Å². The summed E-state index contributed by atoms with van der Waals surface area (Å²) in [4.78, 5) is 0.00247. The van der Waals surface area contributed by atoms with Gasteiger partial charge in [-0.1, -0.05) is 41.4 Å². The lowest BCUT2D eigenvalue weighted by molar-refractivity contribution is 0.601. The first-order chi connectivity index (χ1) is 9.95. The van der Waals surface area contributed by atoms with Gasteiger partial charge in [0.15, 0.2) is 0 Å². The normalized spacial score (nSPS) is 11.4. The Morgan fingerprint density at radius 3 is 2.33 bits per heavy atom. The Morgan fingerprint density at radius 2 is 1.71 bits per heavy atom. The van der Waals surface area contributed by atoms with E-state index in [1.54, 1.807) is 37.4 Å². The maximum Gasteiger partial charge on any atom is 0.263 e. The third kappa shape index (κ3) is 3.68. The van der Waals surface area contributed by atoms with Crippen molar-refractivity contribution in [1.82, 2.24) is 5.32 Å². The largest absolute Gasteiger partial charge is 0.316 e. The maximum absolute atomic E-state index is 12.4. The third-order valence-electron chi connectivity index (χ3n) is 2.82. The van der Waals surface area contributed by atoms with Crippen LogP contribution in [0.25, 0.3) is 0 Å². The molecule has 0 amide bonds. The molecule has 21 heavy (non-hydrogen) atoms. The lowest BCUT2D eigenvalue weighted by atomic mass is 10.2. The molecule has 0 aliphatic carbocycles. The van der Waals surface area contributed by atoms with Crippen LogP contribution in [-0.4, -0.2) is 15.5 Å². The molecule has 0 fully saturated rings. The molecule has 0 saturated carbocycles. The summed E-state index contributed by atoms with van der Waals surface area (Å²) in [5.74, 6) is 0. The average Bonchev–Trinajstić information content (AvgIpc) is 2.43. The van der Waals surface area contributed by atoms with E-state index < -0.39 is 10.0 Å². The van der Waals surface area contributed by atoms with E-state index in [-0.39, 0.29) is 9.92 Å². The number of hydrogen-bond acceptors (Lipinski definition) is 3. The van der Waals surface area contributed by atoms with E-state index >= 15 is 0 Å². The van der Waals surface area contributed by atoms with Crippen LogP contribution in [-0.2, 0) is 16.6 Å². The number of halogens is 2. The van der Waals surface area contributed by atoms with Gasteiger partial charge in [0, 0.05) is 22.8 Å². The van der Waals surface area contributed by atoms with Crippen LogP contribution in [0.5, 0.6) is 0 Å². The Morgan fingerprint density at radius 1 is 1.05 bits per heavy atom. The molecule has 7 heteroatoms. The average molecular weight is 345 g/mol. The van der Waals surface area contributed by atoms with Gasteiger partial charge < -0.3 is 5.32 Å². The van der Waals surface area contributed by atoms with Crippen molar-refractivity contribution < 1.29 is 8.42 Å². The van der Waals surface area contributed by atoms with Crippen molar-refractivity contribution in [3.05, 3.63) is 58.1 Å². The Bertz CT molecular complexity index is 734. The Balaban J connectivity index is 2.43. The molecule has 0 spiro atoms. The molecule has 0 bridgehead atoms. The zero-order chi connectivity index (χ0) is 15.5. The standard InChI is InChI=1S/C14H14Cl2N2O2S/c1-17-9-11-12(15)7-8-13(14(11)16)21(19,20)18-10-5-3-2-4-6-10/h2-8,17-18H,9H2,1H3. The van der Waals surface area contributed by atoms with Gasteiger partial charge in [-0.05, 0) is 31.3 Å². The van der Waals surface area contributed by atoms with Crippen molar-refractivity contribution in [2.45, 2.75) is 11.4 Å². The fourth-order valence-electron chi connectivity index (χ4n) is 1.84. The molecule has 2 aromatic rings. The minimum Gasteiger partial charge on any atom is -0.316 e. The maximum atomic E-state index is 12.4. The molecular formula is C14H14Cl2N2O2S. The van der Waals surface area contributed by atoms with Crippen LogP contribution in [0.1, 0.15) is 5.56 Å². The van der Waals surface area contributed by atoms with Gasteiger partial charge in [0.05, 0.1) is 5.02 Å². The van der Waals surface area contributed by atoms with E-state index in [4.69, 9.17) is 23.2 Å². The van der Waals surface area contributed by atoms with E-state index in [1.807, 2.05) is 0 Å². The zero-order valence-electron chi connectivity index (χ0n) is 11.2. The Labute approximate surface area is 134 Å². The van der Waals surface area contributed by atoms with Gasteiger partial charge in [-0.3, -0.25) is 4.72 Å². The number of anilines is 1. The molecule has 2 N–H and O–H groups in total. The van der Waals surface area contributed by atoms with Gasteiger partial charge in [0.2, 0.25) is 0 Å². The van der Waals surface area contributed by atoms with Crippen LogP contribution in [0.3, 0.4) is 0 Å². The van der Waals surface area contributed by atoms with Gasteiger partial charge >= 0.3 is 0 Å². The van der Waals surface area contributed by atoms with E-state index in [0.29, 0.717) is 22.8 Å². The topological polar surface area (TPSA) is 58.2 Å². The minimum absolute atomic E-state index is 0.00247. The monoisotopic (exact) mass is 344 g/mol. The van der Waals surface area contributed by atoms with Crippen LogP contribution in [0.4, 0.5) is 5.69 Å². The highest BCUT2D eigenvalue weighted by Crippen LogP contribution is 2.32. The number of rotatable bonds is 5. The SMILES string of the molecule is CNCc1c(Cl)ccc(S(=O)(=O)Nc2ccccc2)c1Cl. The molecule has 2 rings (SSSR count). The number of benzene rings is 2. The first-order valence-corrected chi connectivity index (χ1v) is 8.39. The predicted molar refractivity (Wildman–Crippen MR) is 86.5 cm³/mol. The molecule has 0 aliphatic heterocycles. The number of hydrogen-bond donors (Lipinski definition) is 2. The summed E-state index contributed by atoms with van der Waals surface area (Å²) in [6.07, 6.45) is 0. The second-order valence-corrected chi connectivity index (χ2v) is 6.78. The molecule has 0 radical (unpaired) electrons. The summed E-state index contributed by atoms with van der Waals surface area (Å²) >= 11 is 12.3. The molecule has 112 valence electrons. The lowest BCUT2D eigenvalue weighted by Gasteiger charge is -2.13. The molecule has 0 aliphatic rings. The van der Waals surface area contributed by atoms with E-state index in [9.17, 15) is 8.42 Å². The minimum atomic E-state index is -3.77. The van der Waals surface area contributed by atoms with Crippen molar-refractivity contribution in [3.63, 3.8) is 0 Å². The second kappa shape index (κ2) is 6.66. The smallest absolute Gasteiger partial charge is 0.263 e. The molecule has 0 saturated heterocycles. The van der Waals surface area contributed by atoms with Crippen molar-refractivity contribution in [1.29, 1.82) is 0 Å². The highest BCUT2D eigenvalue weighted by molar-refractivity contribution is 7.92. The van der Waals surface area contributed by atoms with Crippen LogP contribution in [0.15, 0.2) is 47.4 Å². The summed E-state index contributed by atoms with van der Waals surface area (Å²) in [6.45, 7) is 0.381. The molecule has 0 heterocycles. The van der Waals surface area contributed by atoms with Gasteiger partial charge in [0.1, 0.15) is 4.90 Å². The summed E-state index contributed by atoms with van der Waals surface area (Å²) in [6, 6.07) is 11.5. The van der Waals surface area contributed by atoms with E-state index in [2.05, 4.69) is 10.0 Å². The van der Waals surface area contributed by atoms with Crippen molar-refractivity contribution >= 4 is 38.9 Å². The van der Waals surface area contributed by atoms with E-state index in [0.717, 1.165) is 0 Å². The molecule has 4 nitrogen and oxygen atoms in total. The highest BCUT2D eigenvalue weighted by Gasteiger charge is 2.21. The zero-order valence-corrected chi connectivity index (χ0v) is 13.6. The van der Waals surface area contributed by atoms with Gasteiger partial charge in [-0.25, -0.2) is 8.42 Å².